The summed E-state index contributed by atoms with van der Waals surface area (Å²) in [6, 6.07) is 1.64. The summed E-state index contributed by atoms with van der Waals surface area (Å²) in [4.78, 5) is 2.78. The average Bonchev–Trinajstić information content (AvgIpc) is 2.98. The third-order valence-corrected chi connectivity index (χ3v) is 5.26. The van der Waals surface area contributed by atoms with E-state index in [4.69, 9.17) is 0 Å². The highest BCUT2D eigenvalue weighted by Crippen LogP contribution is 2.26. The van der Waals surface area contributed by atoms with Gasteiger partial charge in [-0.25, -0.2) is 0 Å². The second-order valence-corrected chi connectivity index (χ2v) is 6.80. The first-order valence-electron chi connectivity index (χ1n) is 8.78. The van der Waals surface area contributed by atoms with Gasteiger partial charge < -0.3 is 10.2 Å². The van der Waals surface area contributed by atoms with E-state index >= 15 is 0 Å². The summed E-state index contributed by atoms with van der Waals surface area (Å²) in [6.07, 6.45) is 12.7. The van der Waals surface area contributed by atoms with Gasteiger partial charge >= 0.3 is 0 Å². The lowest BCUT2D eigenvalue weighted by Gasteiger charge is -2.39. The minimum absolute atomic E-state index is 0.807. The topological polar surface area (TPSA) is 15.3 Å². The van der Waals surface area contributed by atoms with Gasteiger partial charge in [-0.15, -0.1) is 0 Å². The fourth-order valence-electron chi connectivity index (χ4n) is 3.93. The van der Waals surface area contributed by atoms with Crippen LogP contribution < -0.4 is 5.32 Å². The molecule has 0 spiro atoms. The summed E-state index contributed by atoms with van der Waals surface area (Å²) in [7, 11) is 0. The maximum Gasteiger partial charge on any atom is 0.0108 e. The third kappa shape index (κ3) is 4.75. The molecular formula is C17H34N2. The van der Waals surface area contributed by atoms with Crippen molar-refractivity contribution in [1.29, 1.82) is 0 Å². The molecule has 0 aromatic rings. The zero-order valence-electron chi connectivity index (χ0n) is 13.2. The average molecular weight is 266 g/mol. The monoisotopic (exact) mass is 266 g/mol. The summed E-state index contributed by atoms with van der Waals surface area (Å²) < 4.78 is 0. The van der Waals surface area contributed by atoms with Crippen LogP contribution in [0.1, 0.15) is 71.6 Å². The number of likely N-dealkylation sites (tertiary alicyclic amines) is 1. The zero-order valence-corrected chi connectivity index (χ0v) is 13.2. The first kappa shape index (κ1) is 15.3. The van der Waals surface area contributed by atoms with Crippen molar-refractivity contribution in [3.05, 3.63) is 0 Å². The number of rotatable bonds is 7. The van der Waals surface area contributed by atoms with E-state index in [1.807, 2.05) is 0 Å². The number of nitrogens with one attached hydrogen (secondary N) is 1. The van der Waals surface area contributed by atoms with Gasteiger partial charge in [-0.1, -0.05) is 32.6 Å². The molecule has 0 radical (unpaired) electrons. The van der Waals surface area contributed by atoms with Crippen LogP contribution >= 0.6 is 0 Å². The molecule has 2 aliphatic heterocycles. The third-order valence-electron chi connectivity index (χ3n) is 5.26. The Balaban J connectivity index is 1.70. The molecule has 2 saturated heterocycles. The van der Waals surface area contributed by atoms with E-state index in [0.717, 1.165) is 18.0 Å². The van der Waals surface area contributed by atoms with Crippen molar-refractivity contribution >= 4 is 0 Å². The first-order chi connectivity index (χ1) is 9.31. The molecule has 2 heteroatoms. The molecule has 0 aliphatic carbocycles. The lowest BCUT2D eigenvalue weighted by Crippen LogP contribution is -2.46. The van der Waals surface area contributed by atoms with Gasteiger partial charge in [-0.3, -0.25) is 0 Å². The van der Waals surface area contributed by atoms with Gasteiger partial charge in [0.25, 0.3) is 0 Å². The van der Waals surface area contributed by atoms with E-state index in [1.165, 1.54) is 77.4 Å². The van der Waals surface area contributed by atoms with Gasteiger partial charge in [-0.2, -0.15) is 0 Å². The highest BCUT2D eigenvalue weighted by molar-refractivity contribution is 4.87. The molecule has 0 amide bonds. The molecule has 3 atom stereocenters. The number of hydrogen-bond acceptors (Lipinski definition) is 2. The van der Waals surface area contributed by atoms with E-state index in [0.29, 0.717) is 0 Å². The van der Waals surface area contributed by atoms with E-state index < -0.39 is 0 Å². The van der Waals surface area contributed by atoms with Crippen LogP contribution in [-0.2, 0) is 0 Å². The van der Waals surface area contributed by atoms with Crippen molar-refractivity contribution in [3.8, 4) is 0 Å². The molecule has 2 rings (SSSR count). The van der Waals surface area contributed by atoms with Gasteiger partial charge in [0.05, 0.1) is 0 Å². The van der Waals surface area contributed by atoms with Crippen molar-refractivity contribution < 1.29 is 0 Å². The number of unbranched alkanes of at least 4 members (excludes halogenated alkanes) is 3. The quantitative estimate of drug-likeness (QED) is 0.705. The molecule has 2 fully saturated rings. The molecular weight excluding hydrogens is 232 g/mol. The number of nitrogens with zero attached hydrogens (tertiary/aromatic N) is 1. The molecule has 0 saturated carbocycles. The lowest BCUT2D eigenvalue weighted by molar-refractivity contribution is 0.109. The lowest BCUT2D eigenvalue weighted by atomic mass is 9.88. The van der Waals surface area contributed by atoms with Crippen molar-refractivity contribution in [2.75, 3.05) is 19.6 Å². The van der Waals surface area contributed by atoms with Crippen LogP contribution in [0.4, 0.5) is 0 Å². The zero-order chi connectivity index (χ0) is 13.5. The first-order valence-corrected chi connectivity index (χ1v) is 8.78. The number of piperidine rings is 1. The fraction of sp³-hybridized carbons (Fsp3) is 1.00. The SMILES string of the molecule is CCCCCCC(C)N1CCCC(C2CCCN2)C1. The predicted molar refractivity (Wildman–Crippen MR) is 83.5 cm³/mol. The Morgan fingerprint density at radius 1 is 1.16 bits per heavy atom. The second kappa shape index (κ2) is 8.26. The standard InChI is InChI=1S/C17H34N2/c1-3-4-5-6-9-15(2)19-13-8-10-16(14-19)17-11-7-12-18-17/h15-18H,3-14H2,1-2H3. The summed E-state index contributed by atoms with van der Waals surface area (Å²) in [5.41, 5.74) is 0. The smallest absolute Gasteiger partial charge is 0.0108 e. The molecule has 2 nitrogen and oxygen atoms in total. The molecule has 0 aromatic heterocycles. The van der Waals surface area contributed by atoms with Crippen LogP contribution in [0.25, 0.3) is 0 Å². The van der Waals surface area contributed by atoms with Crippen molar-refractivity contribution in [2.24, 2.45) is 5.92 Å². The molecule has 112 valence electrons. The summed E-state index contributed by atoms with van der Waals surface area (Å²) in [5, 5.41) is 3.72. The van der Waals surface area contributed by atoms with E-state index in [1.54, 1.807) is 0 Å². The predicted octanol–water partition coefficient (Wildman–Crippen LogP) is 3.81. The van der Waals surface area contributed by atoms with Crippen LogP contribution in [-0.4, -0.2) is 36.6 Å². The van der Waals surface area contributed by atoms with E-state index in [-0.39, 0.29) is 0 Å². The summed E-state index contributed by atoms with van der Waals surface area (Å²) >= 11 is 0. The van der Waals surface area contributed by atoms with Crippen molar-refractivity contribution in [2.45, 2.75) is 83.7 Å². The van der Waals surface area contributed by atoms with Crippen LogP contribution in [0.5, 0.6) is 0 Å². The Bertz CT molecular complexity index is 235. The second-order valence-electron chi connectivity index (χ2n) is 6.80. The van der Waals surface area contributed by atoms with E-state index in [2.05, 4.69) is 24.1 Å². The number of hydrogen-bond donors (Lipinski definition) is 1. The van der Waals surface area contributed by atoms with Gasteiger partial charge in [0.1, 0.15) is 0 Å². The molecule has 3 unspecified atom stereocenters. The van der Waals surface area contributed by atoms with Crippen molar-refractivity contribution in [3.63, 3.8) is 0 Å². The Morgan fingerprint density at radius 3 is 2.79 bits per heavy atom. The van der Waals surface area contributed by atoms with Crippen LogP contribution in [0.2, 0.25) is 0 Å². The van der Waals surface area contributed by atoms with Gasteiger partial charge in [-0.05, 0) is 58.0 Å². The minimum atomic E-state index is 0.807. The maximum atomic E-state index is 3.72. The molecule has 2 heterocycles. The molecule has 0 aromatic carbocycles. The molecule has 0 bridgehead atoms. The molecule has 1 N–H and O–H groups in total. The fourth-order valence-corrected chi connectivity index (χ4v) is 3.93. The maximum absolute atomic E-state index is 3.72. The largest absolute Gasteiger partial charge is 0.314 e. The highest BCUT2D eigenvalue weighted by atomic mass is 15.2. The van der Waals surface area contributed by atoms with Gasteiger partial charge in [0, 0.05) is 18.6 Å². The summed E-state index contributed by atoms with van der Waals surface area (Å²) in [5.74, 6) is 0.925. The van der Waals surface area contributed by atoms with E-state index in [9.17, 15) is 0 Å². The van der Waals surface area contributed by atoms with Gasteiger partial charge in [0.15, 0.2) is 0 Å². The Kier molecular flexibility index (Phi) is 6.66. The molecule has 19 heavy (non-hydrogen) atoms. The van der Waals surface area contributed by atoms with Crippen molar-refractivity contribution in [1.82, 2.24) is 10.2 Å². The van der Waals surface area contributed by atoms with Gasteiger partial charge in [0.2, 0.25) is 0 Å². The normalized spacial score (nSPS) is 30.6. The van der Waals surface area contributed by atoms with Crippen LogP contribution in [0.15, 0.2) is 0 Å². The summed E-state index contributed by atoms with van der Waals surface area (Å²) in [6.45, 7) is 8.71. The Morgan fingerprint density at radius 2 is 2.05 bits per heavy atom. The van der Waals surface area contributed by atoms with Crippen LogP contribution in [0.3, 0.4) is 0 Å². The molecule has 2 aliphatic rings. The Hall–Kier alpha value is -0.0800. The Labute approximate surface area is 120 Å². The van der Waals surface area contributed by atoms with Crippen LogP contribution in [0, 0.1) is 5.92 Å². The minimum Gasteiger partial charge on any atom is -0.314 e. The highest BCUT2D eigenvalue weighted by Gasteiger charge is 2.30.